The van der Waals surface area contributed by atoms with Gasteiger partial charge in [-0.25, -0.2) is 4.79 Å². The molecule has 1 saturated heterocycles. The minimum atomic E-state index is -0.478. The van der Waals surface area contributed by atoms with Crippen LogP contribution in [0, 0.1) is 0 Å². The van der Waals surface area contributed by atoms with Crippen LogP contribution >= 0.6 is 0 Å². The van der Waals surface area contributed by atoms with E-state index < -0.39 is 5.60 Å². The highest BCUT2D eigenvalue weighted by molar-refractivity contribution is 5.69. The van der Waals surface area contributed by atoms with Crippen molar-refractivity contribution in [1.82, 2.24) is 4.90 Å². The van der Waals surface area contributed by atoms with E-state index in [0.29, 0.717) is 13.2 Å². The van der Waals surface area contributed by atoms with Gasteiger partial charge in [-0.1, -0.05) is 0 Å². The Morgan fingerprint density at radius 2 is 2.20 bits per heavy atom. The molecule has 0 radical (unpaired) electrons. The molecule has 0 spiro atoms. The van der Waals surface area contributed by atoms with E-state index >= 15 is 0 Å². The summed E-state index contributed by atoms with van der Waals surface area (Å²) >= 11 is 0. The van der Waals surface area contributed by atoms with Crippen molar-refractivity contribution in [2.75, 3.05) is 13.7 Å². The van der Waals surface area contributed by atoms with E-state index in [1.165, 1.54) is 0 Å². The van der Waals surface area contributed by atoms with Crippen LogP contribution in [0.3, 0.4) is 0 Å². The van der Waals surface area contributed by atoms with Gasteiger partial charge in [0.15, 0.2) is 0 Å². The van der Waals surface area contributed by atoms with Crippen LogP contribution < -0.4 is 0 Å². The lowest BCUT2D eigenvalue weighted by Crippen LogP contribution is -2.36. The van der Waals surface area contributed by atoms with E-state index in [4.69, 9.17) is 13.9 Å². The first-order chi connectivity index (χ1) is 9.40. The number of ether oxygens (including phenoxy) is 2. The Labute approximate surface area is 119 Å². The van der Waals surface area contributed by atoms with Crippen LogP contribution in [0.2, 0.25) is 0 Å². The maximum absolute atomic E-state index is 12.2. The molecule has 5 heteroatoms. The lowest BCUT2D eigenvalue weighted by atomic mass is 10.2. The van der Waals surface area contributed by atoms with Crippen molar-refractivity contribution in [3.63, 3.8) is 0 Å². The van der Waals surface area contributed by atoms with Crippen LogP contribution in [0.5, 0.6) is 0 Å². The van der Waals surface area contributed by atoms with Gasteiger partial charge in [-0.15, -0.1) is 0 Å². The maximum Gasteiger partial charge on any atom is 0.410 e. The first-order valence-electron chi connectivity index (χ1n) is 6.98. The van der Waals surface area contributed by atoms with Gasteiger partial charge >= 0.3 is 6.09 Å². The smallest absolute Gasteiger partial charge is 0.410 e. The predicted molar refractivity (Wildman–Crippen MR) is 74.3 cm³/mol. The van der Waals surface area contributed by atoms with E-state index in [1.54, 1.807) is 12.0 Å². The molecular formula is C15H23NO4. The minimum Gasteiger partial charge on any atom is -0.461 e. The van der Waals surface area contributed by atoms with Gasteiger partial charge in [-0.3, -0.25) is 4.90 Å². The van der Waals surface area contributed by atoms with Gasteiger partial charge in [0.25, 0.3) is 0 Å². The molecular weight excluding hydrogens is 258 g/mol. The summed E-state index contributed by atoms with van der Waals surface area (Å²) in [6.07, 6.45) is 1.59. The Bertz CT molecular complexity index is 461. The molecule has 1 aromatic heterocycles. The molecule has 0 aromatic carbocycles. The summed E-state index contributed by atoms with van der Waals surface area (Å²) in [4.78, 5) is 14.0. The Morgan fingerprint density at radius 1 is 1.45 bits per heavy atom. The van der Waals surface area contributed by atoms with E-state index in [0.717, 1.165) is 24.4 Å². The second-order valence-corrected chi connectivity index (χ2v) is 6.07. The fraction of sp³-hybridized carbons (Fsp3) is 0.667. The molecule has 1 aliphatic rings. The Hall–Kier alpha value is -1.49. The summed E-state index contributed by atoms with van der Waals surface area (Å²) in [6.45, 7) is 6.78. The summed E-state index contributed by atoms with van der Waals surface area (Å²) < 4.78 is 16.2. The van der Waals surface area contributed by atoms with Crippen LogP contribution in [-0.2, 0) is 16.1 Å². The molecule has 112 valence electrons. The zero-order valence-electron chi connectivity index (χ0n) is 12.6. The number of amides is 1. The van der Waals surface area contributed by atoms with E-state index in [2.05, 4.69) is 0 Å². The van der Waals surface area contributed by atoms with Crippen LogP contribution in [0.4, 0.5) is 4.79 Å². The topological polar surface area (TPSA) is 51.9 Å². The highest BCUT2D eigenvalue weighted by Crippen LogP contribution is 2.34. The summed E-state index contributed by atoms with van der Waals surface area (Å²) in [5.41, 5.74) is -0.478. The van der Waals surface area contributed by atoms with Crippen molar-refractivity contribution in [2.24, 2.45) is 0 Å². The average Bonchev–Trinajstić information content (AvgIpc) is 2.93. The molecule has 1 amide bonds. The third-order valence-electron chi connectivity index (χ3n) is 3.18. The molecule has 2 rings (SSSR count). The number of hydrogen-bond acceptors (Lipinski definition) is 4. The highest BCUT2D eigenvalue weighted by Gasteiger charge is 2.34. The largest absolute Gasteiger partial charge is 0.461 e. The zero-order valence-corrected chi connectivity index (χ0v) is 12.6. The van der Waals surface area contributed by atoms with E-state index in [9.17, 15) is 4.79 Å². The Kier molecular flexibility index (Phi) is 4.38. The second-order valence-electron chi connectivity index (χ2n) is 6.07. The fourth-order valence-electron chi connectivity index (χ4n) is 2.40. The number of rotatable bonds is 3. The van der Waals surface area contributed by atoms with Crippen molar-refractivity contribution < 1.29 is 18.7 Å². The SMILES string of the molecule is COCc1ccc(C2CCCN2C(=O)OC(C)(C)C)o1. The molecule has 0 N–H and O–H groups in total. The number of carbonyl (C=O) groups excluding carboxylic acids is 1. The monoisotopic (exact) mass is 281 g/mol. The summed E-state index contributed by atoms with van der Waals surface area (Å²) in [5.74, 6) is 1.58. The number of nitrogens with zero attached hydrogens (tertiary/aromatic N) is 1. The van der Waals surface area contributed by atoms with E-state index in [-0.39, 0.29) is 12.1 Å². The van der Waals surface area contributed by atoms with E-state index in [1.807, 2.05) is 32.9 Å². The van der Waals surface area contributed by atoms with Gasteiger partial charge in [0, 0.05) is 13.7 Å². The Morgan fingerprint density at radius 3 is 2.85 bits per heavy atom. The quantitative estimate of drug-likeness (QED) is 0.851. The minimum absolute atomic E-state index is 0.0320. The van der Waals surface area contributed by atoms with Gasteiger partial charge in [0.1, 0.15) is 23.7 Å². The second kappa shape index (κ2) is 5.87. The molecule has 1 atom stereocenters. The molecule has 5 nitrogen and oxygen atoms in total. The number of hydrogen-bond donors (Lipinski definition) is 0. The first kappa shape index (κ1) is 14.9. The molecule has 1 aromatic rings. The van der Waals surface area contributed by atoms with Crippen molar-refractivity contribution in [2.45, 2.75) is 51.9 Å². The highest BCUT2D eigenvalue weighted by atomic mass is 16.6. The summed E-state index contributed by atoms with van der Waals surface area (Å²) in [5, 5.41) is 0. The molecule has 0 bridgehead atoms. The molecule has 0 aliphatic carbocycles. The van der Waals surface area contributed by atoms with Gasteiger partial charge in [0.2, 0.25) is 0 Å². The van der Waals surface area contributed by atoms with Crippen molar-refractivity contribution in [3.05, 3.63) is 23.7 Å². The van der Waals surface area contributed by atoms with Gasteiger partial charge in [0.05, 0.1) is 6.04 Å². The van der Waals surface area contributed by atoms with Crippen molar-refractivity contribution >= 4 is 6.09 Å². The summed E-state index contributed by atoms with van der Waals surface area (Å²) in [6, 6.07) is 3.78. The average molecular weight is 281 g/mol. The normalized spacial score (nSPS) is 19.4. The Balaban J connectivity index is 2.08. The van der Waals surface area contributed by atoms with Gasteiger partial charge < -0.3 is 13.9 Å². The van der Waals surface area contributed by atoms with Crippen LogP contribution in [0.25, 0.3) is 0 Å². The standard InChI is InChI=1S/C15H23NO4/c1-15(2,3)20-14(17)16-9-5-6-12(16)13-8-7-11(19-13)10-18-4/h7-8,12H,5-6,9-10H2,1-4H3. The van der Waals surface area contributed by atoms with Crippen LogP contribution in [0.15, 0.2) is 16.5 Å². The zero-order chi connectivity index (χ0) is 14.8. The number of methoxy groups -OCH3 is 1. The third kappa shape index (κ3) is 3.54. The predicted octanol–water partition coefficient (Wildman–Crippen LogP) is 3.50. The lowest BCUT2D eigenvalue weighted by molar-refractivity contribution is 0.0206. The van der Waals surface area contributed by atoms with Crippen LogP contribution in [-0.4, -0.2) is 30.2 Å². The number of carbonyl (C=O) groups is 1. The van der Waals surface area contributed by atoms with Crippen molar-refractivity contribution in [3.8, 4) is 0 Å². The fourth-order valence-corrected chi connectivity index (χ4v) is 2.40. The maximum atomic E-state index is 12.2. The van der Waals surface area contributed by atoms with Gasteiger partial charge in [-0.05, 0) is 45.7 Å². The molecule has 2 heterocycles. The number of likely N-dealkylation sites (tertiary alicyclic amines) is 1. The molecule has 1 aliphatic heterocycles. The molecule has 1 fully saturated rings. The van der Waals surface area contributed by atoms with Gasteiger partial charge in [-0.2, -0.15) is 0 Å². The lowest BCUT2D eigenvalue weighted by Gasteiger charge is -2.27. The molecule has 0 saturated carbocycles. The summed E-state index contributed by atoms with van der Waals surface area (Å²) in [7, 11) is 1.63. The van der Waals surface area contributed by atoms with Crippen LogP contribution in [0.1, 0.15) is 51.2 Å². The first-order valence-corrected chi connectivity index (χ1v) is 6.98. The number of furan rings is 1. The molecule has 20 heavy (non-hydrogen) atoms. The molecule has 1 unspecified atom stereocenters. The van der Waals surface area contributed by atoms with Crippen molar-refractivity contribution in [1.29, 1.82) is 0 Å². The third-order valence-corrected chi connectivity index (χ3v) is 3.18.